The van der Waals surface area contributed by atoms with Gasteiger partial charge in [-0.15, -0.1) is 0 Å². The third-order valence-electron chi connectivity index (χ3n) is 4.14. The number of nitrogen functional groups attached to an aromatic ring is 1. The van der Waals surface area contributed by atoms with Crippen LogP contribution in [-0.4, -0.2) is 43.8 Å². The number of hydrogen-bond acceptors (Lipinski definition) is 5. The van der Waals surface area contributed by atoms with Crippen LogP contribution in [0.15, 0.2) is 48.7 Å². The van der Waals surface area contributed by atoms with Gasteiger partial charge in [0.1, 0.15) is 0 Å². The fourth-order valence-electron chi connectivity index (χ4n) is 2.61. The van der Waals surface area contributed by atoms with Crippen LogP contribution in [0.25, 0.3) is 16.9 Å². The number of nitrogens with two attached hydrogens (primary N) is 1. The fraction of sp³-hybridized carbons (Fsp3) is 0.143. The number of anilines is 2. The summed E-state index contributed by atoms with van der Waals surface area (Å²) in [6, 6.07) is 12.2. The molecular formula is C21H19F3N4O5. The molecule has 1 amide bonds. The number of benzene rings is 2. The maximum atomic E-state index is 11.5. The number of aryl methyl sites for hydroxylation is 1. The van der Waals surface area contributed by atoms with Crippen LogP contribution in [0.5, 0.6) is 0 Å². The summed E-state index contributed by atoms with van der Waals surface area (Å²) in [5, 5.41) is 19.1. The molecule has 0 saturated carbocycles. The second kappa shape index (κ2) is 9.85. The number of aromatic nitrogens is 2. The summed E-state index contributed by atoms with van der Waals surface area (Å²) in [6.45, 7) is 3.37. The fourth-order valence-corrected chi connectivity index (χ4v) is 2.61. The molecule has 0 unspecified atom stereocenters. The van der Waals surface area contributed by atoms with Gasteiger partial charge in [-0.2, -0.15) is 13.2 Å². The summed E-state index contributed by atoms with van der Waals surface area (Å²) < 4.78 is 33.3. The molecule has 3 rings (SSSR count). The van der Waals surface area contributed by atoms with Crippen molar-refractivity contribution in [2.45, 2.75) is 20.0 Å². The van der Waals surface area contributed by atoms with Crippen LogP contribution in [0.3, 0.4) is 0 Å². The molecular weight excluding hydrogens is 445 g/mol. The summed E-state index contributed by atoms with van der Waals surface area (Å²) in [4.78, 5) is 36.1. The molecule has 174 valence electrons. The number of carboxylic acids is 2. The Labute approximate surface area is 185 Å². The molecule has 5 N–H and O–H groups in total. The van der Waals surface area contributed by atoms with E-state index in [2.05, 4.69) is 10.3 Å². The van der Waals surface area contributed by atoms with Gasteiger partial charge < -0.3 is 21.3 Å². The third kappa shape index (κ3) is 6.56. The first-order chi connectivity index (χ1) is 15.3. The highest BCUT2D eigenvalue weighted by Crippen LogP contribution is 2.28. The molecule has 0 fully saturated rings. The van der Waals surface area contributed by atoms with Gasteiger partial charge in [0.25, 0.3) is 0 Å². The maximum Gasteiger partial charge on any atom is 0.490 e. The number of aliphatic carboxylic acids is 1. The molecule has 0 bridgehead atoms. The molecule has 33 heavy (non-hydrogen) atoms. The van der Waals surface area contributed by atoms with Crippen molar-refractivity contribution in [1.82, 2.24) is 9.55 Å². The minimum Gasteiger partial charge on any atom is -0.478 e. The summed E-state index contributed by atoms with van der Waals surface area (Å²) in [7, 11) is 0. The van der Waals surface area contributed by atoms with Crippen LogP contribution in [0.2, 0.25) is 0 Å². The molecule has 0 spiro atoms. The lowest BCUT2D eigenvalue weighted by molar-refractivity contribution is -0.192. The number of halogens is 3. The predicted octanol–water partition coefficient (Wildman–Crippen LogP) is 3.72. The SMILES string of the molecule is CC(=O)Nc1ccc(C(=O)O)cc1-n1cc(-c2ccc(C)cc2)nc1N.O=C(O)C(F)(F)F. The summed E-state index contributed by atoms with van der Waals surface area (Å²) in [5.41, 5.74) is 9.68. The van der Waals surface area contributed by atoms with Crippen molar-refractivity contribution in [2.24, 2.45) is 0 Å². The molecule has 1 heterocycles. The van der Waals surface area contributed by atoms with Crippen LogP contribution < -0.4 is 11.1 Å². The number of carbonyl (C=O) groups excluding carboxylic acids is 1. The van der Waals surface area contributed by atoms with Gasteiger partial charge in [-0.05, 0) is 25.1 Å². The van der Waals surface area contributed by atoms with Gasteiger partial charge in [-0.25, -0.2) is 14.6 Å². The van der Waals surface area contributed by atoms with E-state index >= 15 is 0 Å². The summed E-state index contributed by atoms with van der Waals surface area (Å²) in [5.74, 6) is -3.91. The normalized spacial score (nSPS) is 10.7. The van der Waals surface area contributed by atoms with Gasteiger partial charge in [0.15, 0.2) is 0 Å². The minimum atomic E-state index is -5.08. The summed E-state index contributed by atoms with van der Waals surface area (Å²) >= 11 is 0. The number of amides is 1. The van der Waals surface area contributed by atoms with Crippen molar-refractivity contribution >= 4 is 29.5 Å². The number of hydrogen-bond donors (Lipinski definition) is 4. The van der Waals surface area contributed by atoms with Crippen molar-refractivity contribution in [3.05, 3.63) is 59.8 Å². The molecule has 0 aliphatic carbocycles. The smallest absolute Gasteiger partial charge is 0.478 e. The average Bonchev–Trinajstić information content (AvgIpc) is 3.09. The molecule has 1 aromatic heterocycles. The van der Waals surface area contributed by atoms with Gasteiger partial charge in [-0.1, -0.05) is 29.8 Å². The Hall–Kier alpha value is -4.35. The Morgan fingerprint density at radius 1 is 1.06 bits per heavy atom. The second-order valence-corrected chi connectivity index (χ2v) is 6.74. The minimum absolute atomic E-state index is 0.0825. The third-order valence-corrected chi connectivity index (χ3v) is 4.14. The van der Waals surface area contributed by atoms with Crippen molar-refractivity contribution in [3.63, 3.8) is 0 Å². The predicted molar refractivity (Wildman–Crippen MR) is 113 cm³/mol. The van der Waals surface area contributed by atoms with E-state index in [-0.39, 0.29) is 17.4 Å². The average molecular weight is 464 g/mol. The van der Waals surface area contributed by atoms with E-state index in [4.69, 9.17) is 15.6 Å². The first kappa shape index (κ1) is 24.9. The topological polar surface area (TPSA) is 148 Å². The molecule has 2 aromatic carbocycles. The number of nitrogens with one attached hydrogen (secondary N) is 1. The molecule has 0 radical (unpaired) electrons. The Balaban J connectivity index is 0.000000479. The lowest BCUT2D eigenvalue weighted by atomic mass is 10.1. The van der Waals surface area contributed by atoms with Crippen molar-refractivity contribution < 1.29 is 37.8 Å². The monoisotopic (exact) mass is 464 g/mol. The van der Waals surface area contributed by atoms with E-state index in [1.165, 1.54) is 25.1 Å². The quantitative estimate of drug-likeness (QED) is 0.460. The lowest BCUT2D eigenvalue weighted by Gasteiger charge is -2.12. The zero-order valence-electron chi connectivity index (χ0n) is 17.3. The Morgan fingerprint density at radius 2 is 1.64 bits per heavy atom. The molecule has 0 atom stereocenters. The number of nitrogens with zero attached hydrogens (tertiary/aromatic N) is 2. The van der Waals surface area contributed by atoms with Crippen molar-refractivity contribution in [1.29, 1.82) is 0 Å². The molecule has 9 nitrogen and oxygen atoms in total. The summed E-state index contributed by atoms with van der Waals surface area (Å²) in [6.07, 6.45) is -3.37. The molecule has 0 aliphatic rings. The molecule has 3 aromatic rings. The zero-order chi connectivity index (χ0) is 24.9. The van der Waals surface area contributed by atoms with Gasteiger partial charge >= 0.3 is 18.1 Å². The second-order valence-electron chi connectivity index (χ2n) is 6.74. The van der Waals surface area contributed by atoms with Crippen LogP contribution >= 0.6 is 0 Å². The number of imidazole rings is 1. The van der Waals surface area contributed by atoms with Gasteiger partial charge in [-0.3, -0.25) is 9.36 Å². The molecule has 0 aliphatic heterocycles. The first-order valence-corrected chi connectivity index (χ1v) is 9.17. The van der Waals surface area contributed by atoms with E-state index in [1.807, 2.05) is 31.2 Å². The number of rotatable bonds is 4. The van der Waals surface area contributed by atoms with E-state index in [1.54, 1.807) is 10.8 Å². The highest BCUT2D eigenvalue weighted by Gasteiger charge is 2.38. The highest BCUT2D eigenvalue weighted by atomic mass is 19.4. The van der Waals surface area contributed by atoms with Crippen LogP contribution in [0.4, 0.5) is 24.8 Å². The first-order valence-electron chi connectivity index (χ1n) is 9.17. The number of alkyl halides is 3. The van der Waals surface area contributed by atoms with E-state index in [0.29, 0.717) is 17.1 Å². The molecule has 12 heteroatoms. The zero-order valence-corrected chi connectivity index (χ0v) is 17.3. The Bertz CT molecular complexity index is 1190. The van der Waals surface area contributed by atoms with Crippen LogP contribution in [0.1, 0.15) is 22.8 Å². The van der Waals surface area contributed by atoms with Crippen LogP contribution in [-0.2, 0) is 9.59 Å². The van der Waals surface area contributed by atoms with E-state index in [9.17, 15) is 27.9 Å². The van der Waals surface area contributed by atoms with Crippen LogP contribution in [0, 0.1) is 6.92 Å². The van der Waals surface area contributed by atoms with E-state index in [0.717, 1.165) is 11.1 Å². The van der Waals surface area contributed by atoms with Crippen molar-refractivity contribution in [3.8, 4) is 16.9 Å². The van der Waals surface area contributed by atoms with E-state index < -0.39 is 18.1 Å². The van der Waals surface area contributed by atoms with Gasteiger partial charge in [0.05, 0.1) is 22.6 Å². The number of carboxylic acid groups (broad SMARTS) is 2. The highest BCUT2D eigenvalue weighted by molar-refractivity contribution is 5.94. The standard InChI is InChI=1S/C19H18N4O3.C2HF3O2/c1-11-3-5-13(6-4-11)16-10-23(19(20)22-16)17-9-14(18(25)26)7-8-15(17)21-12(2)24;3-2(4,5)1(6)7/h3-10H,1-2H3,(H2,20,22)(H,21,24)(H,25,26);(H,6,7). The molecule has 0 saturated heterocycles. The van der Waals surface area contributed by atoms with Gasteiger partial charge in [0.2, 0.25) is 11.9 Å². The largest absolute Gasteiger partial charge is 0.490 e. The maximum absolute atomic E-state index is 11.5. The van der Waals surface area contributed by atoms with Gasteiger partial charge in [0, 0.05) is 18.7 Å². The number of aromatic carboxylic acids is 1. The van der Waals surface area contributed by atoms with Crippen molar-refractivity contribution in [2.75, 3.05) is 11.1 Å². The number of carbonyl (C=O) groups is 3. The Kier molecular flexibility index (Phi) is 7.44. The lowest BCUT2D eigenvalue weighted by Crippen LogP contribution is -2.21. The Morgan fingerprint density at radius 3 is 2.12 bits per heavy atom.